The van der Waals surface area contributed by atoms with Crippen LogP contribution in [0.5, 0.6) is 0 Å². The van der Waals surface area contributed by atoms with E-state index in [0.717, 1.165) is 36.6 Å². The molecule has 1 heterocycles. The van der Waals surface area contributed by atoms with Gasteiger partial charge in [0.15, 0.2) is 0 Å². The monoisotopic (exact) mass is 303 g/mol. The van der Waals surface area contributed by atoms with E-state index in [0.29, 0.717) is 17.3 Å². The molecule has 1 aliphatic rings. The molecule has 110 valence electrons. The lowest BCUT2D eigenvalue weighted by molar-refractivity contribution is 0.0898. The van der Waals surface area contributed by atoms with Crippen LogP contribution < -0.4 is 11.1 Å². The molecule has 0 atom stereocenters. The molecule has 5 heteroatoms. The van der Waals surface area contributed by atoms with E-state index in [1.165, 1.54) is 0 Å². The van der Waals surface area contributed by atoms with Crippen molar-refractivity contribution in [3.8, 4) is 0 Å². The lowest BCUT2D eigenvalue weighted by Gasteiger charge is -2.28. The molecule has 1 aliphatic carbocycles. The molecule has 0 unspecified atom stereocenters. The van der Waals surface area contributed by atoms with Crippen molar-refractivity contribution in [1.29, 1.82) is 0 Å². The van der Waals surface area contributed by atoms with Gasteiger partial charge in [-0.1, -0.05) is 36.6 Å². The average Bonchev–Trinajstić information content (AvgIpc) is 2.95. The van der Waals surface area contributed by atoms with Gasteiger partial charge < -0.3 is 11.1 Å². The third kappa shape index (κ3) is 2.87. The molecular weight excluding hydrogens is 286 g/mol. The van der Waals surface area contributed by atoms with Gasteiger partial charge in [-0.15, -0.1) is 0 Å². The van der Waals surface area contributed by atoms with Gasteiger partial charge in [0.25, 0.3) is 5.91 Å². The molecule has 0 bridgehead atoms. The molecule has 1 saturated carbocycles. The summed E-state index contributed by atoms with van der Waals surface area (Å²) in [6.07, 6.45) is 4.10. The molecule has 2 aromatic rings. The number of pyridine rings is 1. The molecule has 3 N–H and O–H groups in total. The number of carbonyl (C=O) groups is 1. The van der Waals surface area contributed by atoms with Crippen LogP contribution in [0.3, 0.4) is 0 Å². The highest BCUT2D eigenvalue weighted by Gasteiger charge is 2.34. The van der Waals surface area contributed by atoms with E-state index >= 15 is 0 Å². The number of carbonyl (C=O) groups excluding carboxylic acids is 1. The first kappa shape index (κ1) is 14.3. The van der Waals surface area contributed by atoms with Gasteiger partial charge in [0.2, 0.25) is 0 Å². The van der Waals surface area contributed by atoms with Crippen LogP contribution in [0.4, 0.5) is 0 Å². The van der Waals surface area contributed by atoms with Gasteiger partial charge in [0.1, 0.15) is 5.69 Å². The van der Waals surface area contributed by atoms with Crippen LogP contribution in [-0.4, -0.2) is 23.0 Å². The van der Waals surface area contributed by atoms with E-state index in [-0.39, 0.29) is 11.4 Å². The van der Waals surface area contributed by atoms with Crippen molar-refractivity contribution in [3.63, 3.8) is 0 Å². The Morgan fingerprint density at radius 3 is 2.71 bits per heavy atom. The molecule has 0 saturated heterocycles. The minimum atomic E-state index is -0.262. The number of hydrogen-bond acceptors (Lipinski definition) is 3. The number of hydrogen-bond donors (Lipinski definition) is 2. The summed E-state index contributed by atoms with van der Waals surface area (Å²) in [5.74, 6) is -0.163. The van der Waals surface area contributed by atoms with Crippen LogP contribution in [0, 0.1) is 0 Å². The lowest BCUT2D eigenvalue weighted by Crippen LogP contribution is -2.51. The second kappa shape index (κ2) is 5.62. The first-order valence-electron chi connectivity index (χ1n) is 7.21. The summed E-state index contributed by atoms with van der Waals surface area (Å²) in [5.41, 5.74) is 6.72. The van der Waals surface area contributed by atoms with Crippen molar-refractivity contribution in [1.82, 2.24) is 10.3 Å². The Balaban J connectivity index is 1.87. The van der Waals surface area contributed by atoms with E-state index in [1.807, 2.05) is 18.2 Å². The second-order valence-corrected chi connectivity index (χ2v) is 6.12. The molecule has 0 spiro atoms. The fourth-order valence-electron chi connectivity index (χ4n) is 2.95. The fraction of sp³-hybridized carbons (Fsp3) is 0.375. The first-order valence-corrected chi connectivity index (χ1v) is 7.59. The Labute approximate surface area is 128 Å². The van der Waals surface area contributed by atoms with Crippen molar-refractivity contribution in [2.75, 3.05) is 6.54 Å². The molecule has 1 amide bonds. The van der Waals surface area contributed by atoms with E-state index in [1.54, 1.807) is 12.1 Å². The minimum Gasteiger partial charge on any atom is -0.344 e. The molecular formula is C16H18ClN3O. The van der Waals surface area contributed by atoms with Gasteiger partial charge in [-0.25, -0.2) is 4.98 Å². The number of aromatic nitrogens is 1. The Morgan fingerprint density at radius 1 is 1.29 bits per heavy atom. The predicted octanol–water partition coefficient (Wildman–Crippen LogP) is 2.89. The van der Waals surface area contributed by atoms with Gasteiger partial charge >= 0.3 is 0 Å². The average molecular weight is 304 g/mol. The fourth-order valence-corrected chi connectivity index (χ4v) is 3.12. The molecule has 1 aromatic heterocycles. The van der Waals surface area contributed by atoms with Gasteiger partial charge in [-0.2, -0.15) is 0 Å². The Morgan fingerprint density at radius 2 is 2.00 bits per heavy atom. The SMILES string of the molecule is NCC1(NC(=O)c2ccc3ccc(Cl)cc3n2)CCCC1. The van der Waals surface area contributed by atoms with Crippen LogP contribution in [0.25, 0.3) is 10.9 Å². The number of nitrogens with zero attached hydrogens (tertiary/aromatic N) is 1. The highest BCUT2D eigenvalue weighted by Crippen LogP contribution is 2.29. The molecule has 1 fully saturated rings. The van der Waals surface area contributed by atoms with Crippen LogP contribution in [0.1, 0.15) is 36.2 Å². The zero-order valence-corrected chi connectivity index (χ0v) is 12.5. The van der Waals surface area contributed by atoms with Crippen molar-refractivity contribution < 1.29 is 4.79 Å². The molecule has 0 aliphatic heterocycles. The maximum Gasteiger partial charge on any atom is 0.270 e. The van der Waals surface area contributed by atoms with Gasteiger partial charge in [-0.05, 0) is 31.0 Å². The predicted molar refractivity (Wildman–Crippen MR) is 84.5 cm³/mol. The molecule has 1 aromatic carbocycles. The van der Waals surface area contributed by atoms with Gasteiger partial charge in [-0.3, -0.25) is 4.79 Å². The Hall–Kier alpha value is -1.65. The van der Waals surface area contributed by atoms with Crippen molar-refractivity contribution >= 4 is 28.4 Å². The lowest BCUT2D eigenvalue weighted by atomic mass is 9.97. The van der Waals surface area contributed by atoms with Crippen LogP contribution in [-0.2, 0) is 0 Å². The molecule has 0 radical (unpaired) electrons. The summed E-state index contributed by atoms with van der Waals surface area (Å²) >= 11 is 5.98. The second-order valence-electron chi connectivity index (χ2n) is 5.68. The summed E-state index contributed by atoms with van der Waals surface area (Å²) in [7, 11) is 0. The molecule has 3 rings (SSSR count). The molecule has 21 heavy (non-hydrogen) atoms. The Kier molecular flexibility index (Phi) is 3.83. The number of halogens is 1. The number of nitrogens with one attached hydrogen (secondary N) is 1. The number of nitrogens with two attached hydrogens (primary N) is 1. The van der Waals surface area contributed by atoms with Crippen LogP contribution in [0.2, 0.25) is 5.02 Å². The molecule has 4 nitrogen and oxygen atoms in total. The van der Waals surface area contributed by atoms with Gasteiger partial charge in [0.05, 0.1) is 11.1 Å². The summed E-state index contributed by atoms with van der Waals surface area (Å²) in [6.45, 7) is 0.470. The highest BCUT2D eigenvalue weighted by atomic mass is 35.5. The van der Waals surface area contributed by atoms with Crippen LogP contribution in [0.15, 0.2) is 30.3 Å². The third-order valence-corrected chi connectivity index (χ3v) is 4.45. The van der Waals surface area contributed by atoms with E-state index < -0.39 is 0 Å². The standard InChI is InChI=1S/C16H18ClN3O/c17-12-5-3-11-4-6-13(19-14(11)9-12)15(21)20-16(10-18)7-1-2-8-16/h3-6,9H,1-2,7-8,10,18H2,(H,20,21). The highest BCUT2D eigenvalue weighted by molar-refractivity contribution is 6.31. The smallest absolute Gasteiger partial charge is 0.270 e. The Bertz CT molecular complexity index is 680. The number of amides is 1. The zero-order chi connectivity index (χ0) is 14.9. The normalized spacial score (nSPS) is 17.0. The van der Waals surface area contributed by atoms with Crippen molar-refractivity contribution in [2.24, 2.45) is 5.73 Å². The van der Waals surface area contributed by atoms with Crippen LogP contribution >= 0.6 is 11.6 Å². The maximum atomic E-state index is 12.4. The van der Waals surface area contributed by atoms with E-state index in [2.05, 4.69) is 10.3 Å². The van der Waals surface area contributed by atoms with E-state index in [9.17, 15) is 4.79 Å². The van der Waals surface area contributed by atoms with Crippen molar-refractivity contribution in [2.45, 2.75) is 31.2 Å². The minimum absolute atomic E-state index is 0.163. The topological polar surface area (TPSA) is 68.0 Å². The van der Waals surface area contributed by atoms with Crippen molar-refractivity contribution in [3.05, 3.63) is 41.0 Å². The first-order chi connectivity index (χ1) is 10.1. The number of fused-ring (bicyclic) bond motifs is 1. The number of rotatable bonds is 3. The van der Waals surface area contributed by atoms with Gasteiger partial charge in [0, 0.05) is 17.0 Å². The zero-order valence-electron chi connectivity index (χ0n) is 11.7. The van der Waals surface area contributed by atoms with E-state index in [4.69, 9.17) is 17.3 Å². The largest absolute Gasteiger partial charge is 0.344 e. The quantitative estimate of drug-likeness (QED) is 0.916. The summed E-state index contributed by atoms with van der Waals surface area (Å²) in [5, 5.41) is 4.65. The number of benzene rings is 1. The summed E-state index contributed by atoms with van der Waals surface area (Å²) in [4.78, 5) is 16.8. The summed E-state index contributed by atoms with van der Waals surface area (Å²) in [6, 6.07) is 9.10. The summed E-state index contributed by atoms with van der Waals surface area (Å²) < 4.78 is 0. The maximum absolute atomic E-state index is 12.4. The third-order valence-electron chi connectivity index (χ3n) is 4.22.